The van der Waals surface area contributed by atoms with E-state index >= 15 is 0 Å². The molecule has 0 unspecified atom stereocenters. The zero-order valence-corrected chi connectivity index (χ0v) is 14.3. The molecule has 0 radical (unpaired) electrons. The molecule has 26 heavy (non-hydrogen) atoms. The summed E-state index contributed by atoms with van der Waals surface area (Å²) in [5.41, 5.74) is 8.13. The number of rotatable bonds is 5. The number of carbonyl (C=O) groups excluding carboxylic acids is 1. The summed E-state index contributed by atoms with van der Waals surface area (Å²) in [7, 11) is 0. The summed E-state index contributed by atoms with van der Waals surface area (Å²) in [6.45, 7) is 0. The molecule has 0 saturated heterocycles. The van der Waals surface area contributed by atoms with Gasteiger partial charge in [-0.2, -0.15) is 5.26 Å². The van der Waals surface area contributed by atoms with Crippen molar-refractivity contribution < 1.29 is 9.18 Å². The molecule has 1 aromatic heterocycles. The molecule has 3 aromatic rings. The predicted molar refractivity (Wildman–Crippen MR) is 99.7 cm³/mol. The molecule has 0 aliphatic heterocycles. The fourth-order valence-corrected chi connectivity index (χ4v) is 2.97. The smallest absolute Gasteiger partial charge is 0.248 e. The Balaban J connectivity index is 1.78. The number of aromatic nitrogens is 1. The summed E-state index contributed by atoms with van der Waals surface area (Å²) >= 11 is 1.33. The zero-order valence-electron chi connectivity index (χ0n) is 13.4. The minimum atomic E-state index is -0.499. The lowest BCUT2D eigenvalue weighted by atomic mass is 10.2. The van der Waals surface area contributed by atoms with Crippen molar-refractivity contribution in [1.29, 1.82) is 5.26 Å². The number of halogens is 1. The third kappa shape index (κ3) is 3.94. The third-order valence-corrected chi connectivity index (χ3v) is 4.42. The molecule has 0 saturated carbocycles. The van der Waals surface area contributed by atoms with Gasteiger partial charge in [0.05, 0.1) is 5.69 Å². The Labute approximate surface area is 153 Å². The number of anilines is 1. The van der Waals surface area contributed by atoms with Gasteiger partial charge in [-0.15, -0.1) is 11.3 Å². The second-order valence-electron chi connectivity index (χ2n) is 5.30. The molecule has 3 N–H and O–H groups in total. The van der Waals surface area contributed by atoms with Crippen LogP contribution in [0.3, 0.4) is 0 Å². The summed E-state index contributed by atoms with van der Waals surface area (Å²) in [6.07, 6.45) is 1.55. The number of primary amides is 1. The minimum absolute atomic E-state index is 0.312. The molecular formula is C19H13FN4OS. The van der Waals surface area contributed by atoms with Crippen molar-refractivity contribution in [2.75, 3.05) is 5.32 Å². The maximum atomic E-state index is 13.0. The standard InChI is InChI=1S/C19H13FN4OS/c20-15-5-1-12(2-6-15)17-11-26-19(24-17)14(9-21)10-23-16-7-3-13(4-8-16)18(22)25/h1-8,10-11,23H,(H2,22,25)/b14-10+. The molecule has 1 heterocycles. The Kier molecular flexibility index (Phi) is 5.06. The van der Waals surface area contributed by atoms with Gasteiger partial charge in [0.1, 0.15) is 22.5 Å². The molecule has 2 aromatic carbocycles. The van der Waals surface area contributed by atoms with Gasteiger partial charge in [0, 0.05) is 28.4 Å². The van der Waals surface area contributed by atoms with Crippen LogP contribution in [0.4, 0.5) is 10.1 Å². The first kappa shape index (κ1) is 17.3. The lowest BCUT2D eigenvalue weighted by molar-refractivity contribution is 0.100. The first-order valence-electron chi connectivity index (χ1n) is 7.55. The van der Waals surface area contributed by atoms with Crippen LogP contribution in [-0.2, 0) is 0 Å². The molecule has 1 amide bonds. The number of thiazole rings is 1. The van der Waals surface area contributed by atoms with Crippen molar-refractivity contribution in [2.45, 2.75) is 0 Å². The summed E-state index contributed by atoms with van der Waals surface area (Å²) < 4.78 is 13.0. The van der Waals surface area contributed by atoms with E-state index in [2.05, 4.69) is 16.4 Å². The molecule has 0 aliphatic carbocycles. The first-order valence-corrected chi connectivity index (χ1v) is 8.43. The summed E-state index contributed by atoms with van der Waals surface area (Å²) in [4.78, 5) is 15.5. The van der Waals surface area contributed by atoms with Gasteiger partial charge < -0.3 is 11.1 Å². The van der Waals surface area contributed by atoms with E-state index in [4.69, 9.17) is 5.73 Å². The second-order valence-corrected chi connectivity index (χ2v) is 6.16. The van der Waals surface area contributed by atoms with Gasteiger partial charge in [0.15, 0.2) is 0 Å². The average Bonchev–Trinajstić information content (AvgIpc) is 3.13. The molecule has 0 aliphatic rings. The van der Waals surface area contributed by atoms with Crippen LogP contribution < -0.4 is 11.1 Å². The molecular weight excluding hydrogens is 351 g/mol. The summed E-state index contributed by atoms with van der Waals surface area (Å²) in [5, 5.41) is 14.7. The molecule has 7 heteroatoms. The number of nitrogens with one attached hydrogen (secondary N) is 1. The Bertz CT molecular complexity index is 1000. The molecule has 0 bridgehead atoms. The second kappa shape index (κ2) is 7.59. The molecule has 3 rings (SSSR count). The van der Waals surface area contributed by atoms with Gasteiger partial charge >= 0.3 is 0 Å². The Morgan fingerprint density at radius 1 is 1.19 bits per heavy atom. The van der Waals surface area contributed by atoms with Crippen LogP contribution in [0.1, 0.15) is 15.4 Å². The van der Waals surface area contributed by atoms with Crippen LogP contribution in [0.5, 0.6) is 0 Å². The average molecular weight is 364 g/mol. The van der Waals surface area contributed by atoms with Crippen molar-refractivity contribution in [3.8, 4) is 17.3 Å². The zero-order chi connectivity index (χ0) is 18.5. The summed E-state index contributed by atoms with van der Waals surface area (Å²) in [5.74, 6) is -0.811. The fourth-order valence-electron chi connectivity index (χ4n) is 2.18. The number of benzene rings is 2. The summed E-state index contributed by atoms with van der Waals surface area (Å²) in [6, 6.07) is 14.7. The Morgan fingerprint density at radius 2 is 1.88 bits per heavy atom. The topological polar surface area (TPSA) is 91.8 Å². The lowest BCUT2D eigenvalue weighted by Crippen LogP contribution is -2.10. The third-order valence-electron chi connectivity index (χ3n) is 3.55. The quantitative estimate of drug-likeness (QED) is 0.669. The maximum absolute atomic E-state index is 13.0. The number of nitrogens with two attached hydrogens (primary N) is 1. The molecule has 0 fully saturated rings. The van der Waals surface area contributed by atoms with E-state index in [1.165, 1.54) is 23.5 Å². The number of hydrogen-bond donors (Lipinski definition) is 2. The van der Waals surface area contributed by atoms with Gasteiger partial charge in [-0.3, -0.25) is 4.79 Å². The highest BCUT2D eigenvalue weighted by molar-refractivity contribution is 7.11. The van der Waals surface area contributed by atoms with Crippen LogP contribution in [0.25, 0.3) is 16.8 Å². The van der Waals surface area contributed by atoms with Crippen molar-refractivity contribution in [1.82, 2.24) is 4.98 Å². The van der Waals surface area contributed by atoms with Crippen LogP contribution in [0.15, 0.2) is 60.1 Å². The van der Waals surface area contributed by atoms with Crippen molar-refractivity contribution >= 4 is 28.5 Å². The van der Waals surface area contributed by atoms with E-state index in [9.17, 15) is 14.4 Å². The highest BCUT2D eigenvalue weighted by Gasteiger charge is 2.09. The predicted octanol–water partition coefficient (Wildman–Crippen LogP) is 4.02. The van der Waals surface area contributed by atoms with E-state index in [0.717, 1.165) is 5.56 Å². The fraction of sp³-hybridized carbons (Fsp3) is 0. The number of nitrogens with zero attached hydrogens (tertiary/aromatic N) is 2. The number of amides is 1. The normalized spacial score (nSPS) is 11.0. The number of carbonyl (C=O) groups is 1. The van der Waals surface area contributed by atoms with E-state index in [1.54, 1.807) is 42.6 Å². The monoisotopic (exact) mass is 364 g/mol. The van der Waals surface area contributed by atoms with Gasteiger partial charge in [-0.05, 0) is 48.5 Å². The number of nitriles is 1. The molecule has 0 spiro atoms. The van der Waals surface area contributed by atoms with Crippen LogP contribution in [0, 0.1) is 17.1 Å². The van der Waals surface area contributed by atoms with E-state index < -0.39 is 5.91 Å². The van der Waals surface area contributed by atoms with Gasteiger partial charge in [0.25, 0.3) is 0 Å². The maximum Gasteiger partial charge on any atom is 0.248 e. The van der Waals surface area contributed by atoms with Crippen LogP contribution in [0.2, 0.25) is 0 Å². The van der Waals surface area contributed by atoms with Gasteiger partial charge in [-0.1, -0.05) is 0 Å². The van der Waals surface area contributed by atoms with E-state index in [0.29, 0.717) is 27.5 Å². The largest absolute Gasteiger partial charge is 0.366 e. The van der Waals surface area contributed by atoms with E-state index in [-0.39, 0.29) is 5.82 Å². The van der Waals surface area contributed by atoms with Gasteiger partial charge in [-0.25, -0.2) is 9.37 Å². The molecule has 0 atom stereocenters. The number of hydrogen-bond acceptors (Lipinski definition) is 5. The number of allylic oxidation sites excluding steroid dienone is 1. The van der Waals surface area contributed by atoms with Crippen LogP contribution in [-0.4, -0.2) is 10.9 Å². The SMILES string of the molecule is N#C/C(=C\Nc1ccc(C(N)=O)cc1)c1nc(-c2ccc(F)cc2)cs1. The molecule has 5 nitrogen and oxygen atoms in total. The Hall–Kier alpha value is -3.50. The van der Waals surface area contributed by atoms with Crippen molar-refractivity contribution in [3.05, 3.63) is 76.5 Å². The van der Waals surface area contributed by atoms with Crippen molar-refractivity contribution in [3.63, 3.8) is 0 Å². The molecule has 128 valence electrons. The van der Waals surface area contributed by atoms with Crippen LogP contribution >= 0.6 is 11.3 Å². The Morgan fingerprint density at radius 3 is 2.50 bits per heavy atom. The van der Waals surface area contributed by atoms with Gasteiger partial charge in [0.2, 0.25) is 5.91 Å². The highest BCUT2D eigenvalue weighted by Crippen LogP contribution is 2.26. The highest BCUT2D eigenvalue weighted by atomic mass is 32.1. The first-order chi connectivity index (χ1) is 12.6. The minimum Gasteiger partial charge on any atom is -0.366 e. The lowest BCUT2D eigenvalue weighted by Gasteiger charge is -2.02. The van der Waals surface area contributed by atoms with Crippen molar-refractivity contribution in [2.24, 2.45) is 5.73 Å². The van der Waals surface area contributed by atoms with E-state index in [1.807, 2.05) is 5.38 Å².